The van der Waals surface area contributed by atoms with Crippen molar-refractivity contribution in [1.82, 2.24) is 10.2 Å². The Labute approximate surface area is 153 Å². The normalized spacial score (nSPS) is 14.9. The molecule has 1 aliphatic heterocycles. The standard InChI is InChI=1S/C17H25BrN2O2.ClH/c1-20(12-14-11-15(18)4-5-16(14)22-2)17(21)6-3-13-7-9-19-10-8-13;/h4-5,11,13,19H,3,6-10,12H2,1-2H3;1H. The Balaban J connectivity index is 0.00000264. The lowest BCUT2D eigenvalue weighted by molar-refractivity contribution is -0.130. The van der Waals surface area contributed by atoms with Crippen molar-refractivity contribution in [3.05, 3.63) is 28.2 Å². The zero-order chi connectivity index (χ0) is 15.9. The molecule has 1 N–H and O–H groups in total. The number of methoxy groups -OCH3 is 1. The molecule has 0 atom stereocenters. The van der Waals surface area contributed by atoms with Crippen LogP contribution >= 0.6 is 28.3 Å². The molecule has 0 spiro atoms. The van der Waals surface area contributed by atoms with E-state index in [1.165, 1.54) is 12.8 Å². The number of hydrogen-bond donors (Lipinski definition) is 1. The smallest absolute Gasteiger partial charge is 0.222 e. The van der Waals surface area contributed by atoms with Crippen molar-refractivity contribution in [2.24, 2.45) is 5.92 Å². The molecule has 1 aromatic rings. The number of nitrogens with one attached hydrogen (secondary N) is 1. The van der Waals surface area contributed by atoms with Crippen LogP contribution in [0.25, 0.3) is 0 Å². The topological polar surface area (TPSA) is 41.6 Å². The highest BCUT2D eigenvalue weighted by molar-refractivity contribution is 9.10. The average Bonchev–Trinajstić information content (AvgIpc) is 2.53. The van der Waals surface area contributed by atoms with E-state index in [1.54, 1.807) is 12.0 Å². The van der Waals surface area contributed by atoms with Gasteiger partial charge in [-0.25, -0.2) is 0 Å². The molecule has 0 aromatic heterocycles. The monoisotopic (exact) mass is 404 g/mol. The minimum Gasteiger partial charge on any atom is -0.496 e. The fraction of sp³-hybridized carbons (Fsp3) is 0.588. The zero-order valence-electron chi connectivity index (χ0n) is 13.8. The molecular formula is C17H26BrClN2O2. The van der Waals surface area contributed by atoms with Crippen molar-refractivity contribution in [3.63, 3.8) is 0 Å². The number of benzene rings is 1. The van der Waals surface area contributed by atoms with Crippen molar-refractivity contribution in [2.75, 3.05) is 27.2 Å². The summed E-state index contributed by atoms with van der Waals surface area (Å²) in [5.41, 5.74) is 1.02. The van der Waals surface area contributed by atoms with Crippen LogP contribution in [0.3, 0.4) is 0 Å². The molecule has 0 radical (unpaired) electrons. The second-order valence-electron chi connectivity index (χ2n) is 5.94. The highest BCUT2D eigenvalue weighted by Gasteiger charge is 2.17. The van der Waals surface area contributed by atoms with E-state index in [1.807, 2.05) is 25.2 Å². The SMILES string of the molecule is COc1ccc(Br)cc1CN(C)C(=O)CCC1CCNCC1.Cl. The summed E-state index contributed by atoms with van der Waals surface area (Å²) in [5.74, 6) is 1.72. The molecule has 2 rings (SSSR count). The summed E-state index contributed by atoms with van der Waals surface area (Å²) in [5, 5.41) is 3.36. The van der Waals surface area contributed by atoms with E-state index in [2.05, 4.69) is 21.2 Å². The van der Waals surface area contributed by atoms with Crippen LogP contribution in [-0.2, 0) is 11.3 Å². The first-order valence-electron chi connectivity index (χ1n) is 7.87. The van der Waals surface area contributed by atoms with Gasteiger partial charge in [0.2, 0.25) is 5.91 Å². The average molecular weight is 406 g/mol. The lowest BCUT2D eigenvalue weighted by Gasteiger charge is -2.24. The number of rotatable bonds is 6. The fourth-order valence-electron chi connectivity index (χ4n) is 2.90. The van der Waals surface area contributed by atoms with Crippen LogP contribution in [0, 0.1) is 5.92 Å². The molecule has 0 aliphatic carbocycles. The number of piperidine rings is 1. The van der Waals surface area contributed by atoms with E-state index >= 15 is 0 Å². The number of hydrogen-bond acceptors (Lipinski definition) is 3. The lowest BCUT2D eigenvalue weighted by Crippen LogP contribution is -2.30. The maximum atomic E-state index is 12.3. The van der Waals surface area contributed by atoms with Gasteiger partial charge < -0.3 is 15.0 Å². The summed E-state index contributed by atoms with van der Waals surface area (Å²) in [7, 11) is 3.52. The van der Waals surface area contributed by atoms with Crippen molar-refractivity contribution in [3.8, 4) is 5.75 Å². The maximum absolute atomic E-state index is 12.3. The third-order valence-corrected chi connectivity index (χ3v) is 4.79. The minimum atomic E-state index is 0. The van der Waals surface area contributed by atoms with Crippen LogP contribution in [0.15, 0.2) is 22.7 Å². The van der Waals surface area contributed by atoms with Crippen LogP contribution in [0.4, 0.5) is 0 Å². The van der Waals surface area contributed by atoms with E-state index in [0.29, 0.717) is 18.9 Å². The number of halogens is 2. The zero-order valence-corrected chi connectivity index (χ0v) is 16.2. The van der Waals surface area contributed by atoms with Gasteiger partial charge >= 0.3 is 0 Å². The third kappa shape index (κ3) is 6.32. The van der Waals surface area contributed by atoms with Gasteiger partial charge in [-0.05, 0) is 56.5 Å². The first kappa shape index (κ1) is 20.3. The molecular weight excluding hydrogens is 380 g/mol. The number of nitrogens with zero attached hydrogens (tertiary/aromatic N) is 1. The lowest BCUT2D eigenvalue weighted by atomic mass is 9.93. The Morgan fingerprint density at radius 2 is 2.09 bits per heavy atom. The molecule has 1 aliphatic rings. The van der Waals surface area contributed by atoms with E-state index in [4.69, 9.17) is 4.74 Å². The molecule has 23 heavy (non-hydrogen) atoms. The predicted octanol–water partition coefficient (Wildman–Crippen LogP) is 3.62. The van der Waals surface area contributed by atoms with Gasteiger partial charge in [0, 0.05) is 30.0 Å². The molecule has 0 bridgehead atoms. The van der Waals surface area contributed by atoms with Gasteiger partial charge in [-0.3, -0.25) is 4.79 Å². The summed E-state index contributed by atoms with van der Waals surface area (Å²) < 4.78 is 6.37. The Morgan fingerprint density at radius 3 is 2.74 bits per heavy atom. The summed E-state index contributed by atoms with van der Waals surface area (Å²) in [4.78, 5) is 14.1. The quantitative estimate of drug-likeness (QED) is 0.786. The predicted molar refractivity (Wildman–Crippen MR) is 99.2 cm³/mol. The van der Waals surface area contributed by atoms with Crippen LogP contribution in [0.2, 0.25) is 0 Å². The maximum Gasteiger partial charge on any atom is 0.222 e. The van der Waals surface area contributed by atoms with E-state index in [0.717, 1.165) is 35.3 Å². The second-order valence-corrected chi connectivity index (χ2v) is 6.85. The molecule has 1 fully saturated rings. The number of carbonyl (C=O) groups excluding carboxylic acids is 1. The molecule has 6 heteroatoms. The number of ether oxygens (including phenoxy) is 1. The van der Waals surface area contributed by atoms with Gasteiger partial charge in [0.1, 0.15) is 5.75 Å². The molecule has 130 valence electrons. The van der Waals surface area contributed by atoms with Crippen molar-refractivity contribution in [2.45, 2.75) is 32.2 Å². The first-order valence-corrected chi connectivity index (χ1v) is 8.66. The van der Waals surface area contributed by atoms with Crippen molar-refractivity contribution >= 4 is 34.2 Å². The van der Waals surface area contributed by atoms with Crippen molar-refractivity contribution in [1.29, 1.82) is 0 Å². The summed E-state index contributed by atoms with van der Waals surface area (Å²) in [6, 6.07) is 5.88. The van der Waals surface area contributed by atoms with Crippen LogP contribution < -0.4 is 10.1 Å². The molecule has 1 heterocycles. The molecule has 1 amide bonds. The van der Waals surface area contributed by atoms with Gasteiger partial charge in [-0.1, -0.05) is 15.9 Å². The van der Waals surface area contributed by atoms with Gasteiger partial charge in [0.05, 0.1) is 7.11 Å². The van der Waals surface area contributed by atoms with Gasteiger partial charge in [0.15, 0.2) is 0 Å². The van der Waals surface area contributed by atoms with Gasteiger partial charge in [-0.15, -0.1) is 12.4 Å². The number of carbonyl (C=O) groups is 1. The molecule has 1 saturated heterocycles. The van der Waals surface area contributed by atoms with Gasteiger partial charge in [0.25, 0.3) is 0 Å². The highest BCUT2D eigenvalue weighted by atomic mass is 79.9. The summed E-state index contributed by atoms with van der Waals surface area (Å²) in [6.07, 6.45) is 4.02. The molecule has 0 saturated carbocycles. The fourth-order valence-corrected chi connectivity index (χ4v) is 3.31. The Bertz CT molecular complexity index is 507. The van der Waals surface area contributed by atoms with E-state index in [-0.39, 0.29) is 18.3 Å². The highest BCUT2D eigenvalue weighted by Crippen LogP contribution is 2.24. The van der Waals surface area contributed by atoms with E-state index < -0.39 is 0 Å². The number of amides is 1. The first-order chi connectivity index (χ1) is 10.6. The Morgan fingerprint density at radius 1 is 1.39 bits per heavy atom. The van der Waals surface area contributed by atoms with Crippen LogP contribution in [0.1, 0.15) is 31.2 Å². The minimum absolute atomic E-state index is 0. The van der Waals surface area contributed by atoms with Crippen LogP contribution in [-0.4, -0.2) is 38.1 Å². The Hall–Kier alpha value is -0.780. The van der Waals surface area contributed by atoms with Gasteiger partial charge in [-0.2, -0.15) is 0 Å². The molecule has 1 aromatic carbocycles. The van der Waals surface area contributed by atoms with E-state index in [9.17, 15) is 4.79 Å². The van der Waals surface area contributed by atoms with Crippen molar-refractivity contribution < 1.29 is 9.53 Å². The summed E-state index contributed by atoms with van der Waals surface area (Å²) >= 11 is 3.47. The Kier molecular flexibility index (Phi) is 8.95. The van der Waals surface area contributed by atoms with Crippen LogP contribution in [0.5, 0.6) is 5.75 Å². The summed E-state index contributed by atoms with van der Waals surface area (Å²) in [6.45, 7) is 2.75. The largest absolute Gasteiger partial charge is 0.496 e. The molecule has 0 unspecified atom stereocenters. The third-order valence-electron chi connectivity index (χ3n) is 4.30. The molecule has 4 nitrogen and oxygen atoms in total. The second kappa shape index (κ2) is 10.2.